The number of nitrogens with one attached hydrogen (secondary N) is 1. The number of primary amides is 1. The Hall–Kier alpha value is -2.20. The number of nitrogens with two attached hydrogens (primary N) is 1. The van der Waals surface area contributed by atoms with E-state index in [0.29, 0.717) is 26.1 Å². The SMILES string of the molecule is CCCCC(OCC(N)=O)C(=O)N(CCCC)CCCCCNC(=O)COCC(=O)N(CCCC)CCCC. The molecule has 10 heteroatoms. The van der Waals surface area contributed by atoms with Gasteiger partial charge in [-0.2, -0.15) is 0 Å². The zero-order valence-electron chi connectivity index (χ0n) is 25.1. The van der Waals surface area contributed by atoms with Crippen LogP contribution < -0.4 is 11.1 Å². The van der Waals surface area contributed by atoms with Crippen LogP contribution in [0.1, 0.15) is 105 Å². The van der Waals surface area contributed by atoms with Crippen molar-refractivity contribution in [1.29, 1.82) is 0 Å². The first-order valence-electron chi connectivity index (χ1n) is 15.1. The quantitative estimate of drug-likeness (QED) is 0.157. The molecule has 0 radical (unpaired) electrons. The summed E-state index contributed by atoms with van der Waals surface area (Å²) in [5, 5.41) is 2.83. The molecule has 0 saturated heterocycles. The van der Waals surface area contributed by atoms with Crippen molar-refractivity contribution in [3.05, 3.63) is 0 Å². The van der Waals surface area contributed by atoms with E-state index in [9.17, 15) is 19.2 Å². The van der Waals surface area contributed by atoms with Crippen molar-refractivity contribution >= 4 is 23.6 Å². The van der Waals surface area contributed by atoms with E-state index in [2.05, 4.69) is 26.1 Å². The molecule has 0 fully saturated rings. The fourth-order valence-corrected chi connectivity index (χ4v) is 4.00. The zero-order valence-corrected chi connectivity index (χ0v) is 25.1. The van der Waals surface area contributed by atoms with Gasteiger partial charge in [0, 0.05) is 32.7 Å². The van der Waals surface area contributed by atoms with E-state index in [1.165, 1.54) is 0 Å². The number of hydrogen-bond acceptors (Lipinski definition) is 6. The topological polar surface area (TPSA) is 131 Å². The number of carbonyl (C=O) groups excluding carboxylic acids is 4. The van der Waals surface area contributed by atoms with Gasteiger partial charge in [0.15, 0.2) is 0 Å². The highest BCUT2D eigenvalue weighted by Crippen LogP contribution is 2.12. The van der Waals surface area contributed by atoms with Gasteiger partial charge in [0.25, 0.3) is 5.91 Å². The molecule has 0 aliphatic heterocycles. The molecule has 0 aromatic carbocycles. The molecule has 39 heavy (non-hydrogen) atoms. The van der Waals surface area contributed by atoms with Crippen molar-refractivity contribution in [3.8, 4) is 0 Å². The molecule has 1 unspecified atom stereocenters. The summed E-state index contributed by atoms with van der Waals surface area (Å²) in [6.45, 7) is 11.1. The Kier molecular flexibility index (Phi) is 23.4. The number of ether oxygens (including phenoxy) is 2. The second kappa shape index (κ2) is 24.8. The molecule has 4 amide bonds. The van der Waals surface area contributed by atoms with Crippen LogP contribution in [0.2, 0.25) is 0 Å². The highest BCUT2D eigenvalue weighted by Gasteiger charge is 2.24. The third kappa shape index (κ3) is 19.5. The van der Waals surface area contributed by atoms with Crippen LogP contribution in [0.3, 0.4) is 0 Å². The van der Waals surface area contributed by atoms with Crippen LogP contribution in [-0.2, 0) is 28.7 Å². The third-order valence-electron chi connectivity index (χ3n) is 6.42. The van der Waals surface area contributed by atoms with Gasteiger partial charge in [0.05, 0.1) is 0 Å². The van der Waals surface area contributed by atoms with E-state index in [4.69, 9.17) is 15.2 Å². The van der Waals surface area contributed by atoms with Crippen molar-refractivity contribution in [3.63, 3.8) is 0 Å². The molecular formula is C29H56N4O6. The summed E-state index contributed by atoms with van der Waals surface area (Å²) in [5.74, 6) is -0.962. The summed E-state index contributed by atoms with van der Waals surface area (Å²) in [6.07, 6.45) is 9.97. The maximum absolute atomic E-state index is 13.1. The van der Waals surface area contributed by atoms with Crippen LogP contribution in [-0.4, -0.2) is 92.1 Å². The second-order valence-corrected chi connectivity index (χ2v) is 10.1. The number of rotatable bonds is 26. The predicted octanol–water partition coefficient (Wildman–Crippen LogP) is 3.41. The third-order valence-corrected chi connectivity index (χ3v) is 6.42. The number of carbonyl (C=O) groups is 4. The highest BCUT2D eigenvalue weighted by atomic mass is 16.5. The number of unbranched alkanes of at least 4 members (excludes halogenated alkanes) is 6. The average molecular weight is 557 g/mol. The van der Waals surface area contributed by atoms with Gasteiger partial charge in [-0.05, 0) is 44.9 Å². The molecule has 3 N–H and O–H groups in total. The van der Waals surface area contributed by atoms with E-state index in [-0.39, 0.29) is 37.5 Å². The van der Waals surface area contributed by atoms with Crippen LogP contribution >= 0.6 is 0 Å². The summed E-state index contributed by atoms with van der Waals surface area (Å²) in [6, 6.07) is 0. The minimum Gasteiger partial charge on any atom is -0.368 e. The van der Waals surface area contributed by atoms with E-state index >= 15 is 0 Å². The summed E-state index contributed by atoms with van der Waals surface area (Å²) in [5.41, 5.74) is 5.21. The van der Waals surface area contributed by atoms with Crippen molar-refractivity contribution in [1.82, 2.24) is 15.1 Å². The molecule has 0 heterocycles. The van der Waals surface area contributed by atoms with Gasteiger partial charge in [0.1, 0.15) is 25.9 Å². The predicted molar refractivity (Wildman–Crippen MR) is 154 cm³/mol. The molecule has 0 aromatic rings. The monoisotopic (exact) mass is 556 g/mol. The molecule has 228 valence electrons. The van der Waals surface area contributed by atoms with Gasteiger partial charge >= 0.3 is 0 Å². The Labute approximate surface area is 236 Å². The number of nitrogens with zero attached hydrogens (tertiary/aromatic N) is 2. The lowest BCUT2D eigenvalue weighted by Crippen LogP contribution is -2.42. The number of hydrogen-bond donors (Lipinski definition) is 2. The summed E-state index contributed by atoms with van der Waals surface area (Å²) < 4.78 is 10.9. The van der Waals surface area contributed by atoms with Crippen LogP contribution in [0.25, 0.3) is 0 Å². The molecule has 1 atom stereocenters. The Morgan fingerprint density at radius 1 is 0.692 bits per heavy atom. The maximum atomic E-state index is 13.1. The number of amides is 4. The van der Waals surface area contributed by atoms with Gasteiger partial charge in [-0.1, -0.05) is 59.8 Å². The fourth-order valence-electron chi connectivity index (χ4n) is 4.00. The van der Waals surface area contributed by atoms with E-state index in [0.717, 1.165) is 83.7 Å². The van der Waals surface area contributed by atoms with Crippen LogP contribution in [0.15, 0.2) is 0 Å². The van der Waals surface area contributed by atoms with Crippen LogP contribution in [0.5, 0.6) is 0 Å². The van der Waals surface area contributed by atoms with Crippen LogP contribution in [0.4, 0.5) is 0 Å². The minimum atomic E-state index is -0.647. The summed E-state index contributed by atoms with van der Waals surface area (Å²) in [7, 11) is 0. The fraction of sp³-hybridized carbons (Fsp3) is 0.862. The van der Waals surface area contributed by atoms with Crippen molar-refractivity contribution in [2.24, 2.45) is 5.73 Å². The second-order valence-electron chi connectivity index (χ2n) is 10.1. The highest BCUT2D eigenvalue weighted by molar-refractivity contribution is 5.82. The molecule has 0 aliphatic rings. The molecule has 10 nitrogen and oxygen atoms in total. The lowest BCUT2D eigenvalue weighted by atomic mass is 10.1. The van der Waals surface area contributed by atoms with Gasteiger partial charge < -0.3 is 30.3 Å². The molecule has 0 aromatic heterocycles. The molecular weight excluding hydrogens is 500 g/mol. The molecule has 0 spiro atoms. The maximum Gasteiger partial charge on any atom is 0.251 e. The van der Waals surface area contributed by atoms with Crippen molar-refractivity contribution < 1.29 is 28.7 Å². The molecule has 0 aliphatic carbocycles. The average Bonchev–Trinajstić information content (AvgIpc) is 2.91. The first kappa shape index (κ1) is 36.8. The zero-order chi connectivity index (χ0) is 29.3. The smallest absolute Gasteiger partial charge is 0.251 e. The van der Waals surface area contributed by atoms with Crippen LogP contribution in [0, 0.1) is 0 Å². The van der Waals surface area contributed by atoms with Gasteiger partial charge in [-0.25, -0.2) is 0 Å². The Bertz CT molecular complexity index is 668. The van der Waals surface area contributed by atoms with E-state index in [1.54, 1.807) is 0 Å². The lowest BCUT2D eigenvalue weighted by Gasteiger charge is -2.27. The largest absolute Gasteiger partial charge is 0.368 e. The molecule has 0 bridgehead atoms. The Morgan fingerprint density at radius 2 is 1.26 bits per heavy atom. The summed E-state index contributed by atoms with van der Waals surface area (Å²) in [4.78, 5) is 52.5. The van der Waals surface area contributed by atoms with Crippen molar-refractivity contribution in [2.75, 3.05) is 52.5 Å². The first-order valence-corrected chi connectivity index (χ1v) is 15.1. The van der Waals surface area contributed by atoms with Gasteiger partial charge in [0.2, 0.25) is 17.7 Å². The van der Waals surface area contributed by atoms with E-state index < -0.39 is 12.0 Å². The standard InChI is InChI=1S/C29H56N4O6/c1-5-9-16-25(39-22-26(30)34)29(37)33(20-12-8-4)21-15-13-14-17-31-27(35)23-38-24-28(36)32(18-10-6-2)19-11-7-3/h25H,5-24H2,1-4H3,(H2,30,34)(H,31,35). The van der Waals surface area contributed by atoms with Crippen molar-refractivity contribution in [2.45, 2.75) is 111 Å². The molecule has 0 rings (SSSR count). The summed E-state index contributed by atoms with van der Waals surface area (Å²) >= 11 is 0. The normalized spacial score (nSPS) is 11.7. The Morgan fingerprint density at radius 3 is 1.82 bits per heavy atom. The first-order chi connectivity index (χ1) is 18.8. The molecule has 0 saturated carbocycles. The lowest BCUT2D eigenvalue weighted by molar-refractivity contribution is -0.146. The Balaban J connectivity index is 4.39. The van der Waals surface area contributed by atoms with E-state index in [1.807, 2.05) is 16.7 Å². The minimum absolute atomic E-state index is 0.0659. The van der Waals surface area contributed by atoms with Gasteiger partial charge in [-0.3, -0.25) is 19.2 Å². The van der Waals surface area contributed by atoms with Gasteiger partial charge in [-0.15, -0.1) is 0 Å².